The molecule has 3 aromatic rings. The Morgan fingerprint density at radius 3 is 2.60 bits per heavy atom. The largest absolute Gasteiger partial charge is 0.320 e. The van der Waals surface area contributed by atoms with Crippen molar-refractivity contribution in [1.29, 1.82) is 0 Å². The number of para-hydroxylation sites is 1. The van der Waals surface area contributed by atoms with E-state index in [4.69, 9.17) is 0 Å². The van der Waals surface area contributed by atoms with E-state index in [1.54, 1.807) is 6.20 Å². The molecule has 0 bridgehead atoms. The second kappa shape index (κ2) is 9.21. The van der Waals surface area contributed by atoms with Gasteiger partial charge in [0.2, 0.25) is 0 Å². The summed E-state index contributed by atoms with van der Waals surface area (Å²) in [5.74, 6) is 0.412. The van der Waals surface area contributed by atoms with Gasteiger partial charge < -0.3 is 5.32 Å². The number of benzene rings is 2. The lowest BCUT2D eigenvalue weighted by molar-refractivity contribution is -0.123. The van der Waals surface area contributed by atoms with Gasteiger partial charge in [0.1, 0.15) is 5.78 Å². The van der Waals surface area contributed by atoms with Crippen LogP contribution in [0.3, 0.4) is 0 Å². The smallest absolute Gasteiger partial charge is 0.256 e. The molecular formula is C26H28N2O2. The van der Waals surface area contributed by atoms with Crippen molar-refractivity contribution in [2.75, 3.05) is 5.32 Å². The molecule has 1 aliphatic rings. The van der Waals surface area contributed by atoms with Crippen molar-refractivity contribution in [3.63, 3.8) is 0 Å². The van der Waals surface area contributed by atoms with Crippen LogP contribution in [-0.4, -0.2) is 16.7 Å². The molecular weight excluding hydrogens is 372 g/mol. The van der Waals surface area contributed by atoms with E-state index in [-0.39, 0.29) is 11.8 Å². The minimum Gasteiger partial charge on any atom is -0.320 e. The number of carbonyl (C=O) groups is 2. The number of aromatic nitrogens is 1. The molecule has 0 atom stereocenters. The molecule has 1 heterocycles. The lowest BCUT2D eigenvalue weighted by atomic mass is 9.84. The van der Waals surface area contributed by atoms with Crippen molar-refractivity contribution in [2.45, 2.75) is 51.9 Å². The quantitative estimate of drug-likeness (QED) is 0.562. The minimum absolute atomic E-state index is 0.147. The number of rotatable bonds is 6. The molecule has 1 amide bonds. The molecule has 0 aliphatic heterocycles. The summed E-state index contributed by atoms with van der Waals surface area (Å²) in [6.07, 6.45) is 8.45. The molecule has 4 rings (SSSR count). The van der Waals surface area contributed by atoms with E-state index in [1.807, 2.05) is 55.5 Å². The second-order valence-electron chi connectivity index (χ2n) is 8.25. The number of hydrogen-bond acceptors (Lipinski definition) is 3. The molecule has 0 saturated heterocycles. The molecule has 0 unspecified atom stereocenters. The molecule has 0 spiro atoms. The highest BCUT2D eigenvalue weighted by molar-refractivity contribution is 6.09. The van der Waals surface area contributed by atoms with Crippen molar-refractivity contribution in [2.24, 2.45) is 5.92 Å². The fraction of sp³-hybridized carbons (Fsp3) is 0.346. The predicted octanol–water partition coefficient (Wildman–Crippen LogP) is 5.88. The van der Waals surface area contributed by atoms with Gasteiger partial charge in [-0.25, -0.2) is 0 Å². The monoisotopic (exact) mass is 400 g/mol. The second-order valence-corrected chi connectivity index (χ2v) is 8.25. The van der Waals surface area contributed by atoms with Crippen LogP contribution < -0.4 is 5.32 Å². The van der Waals surface area contributed by atoms with Gasteiger partial charge in [0, 0.05) is 29.5 Å². The van der Waals surface area contributed by atoms with E-state index in [0.717, 1.165) is 47.7 Å². The van der Waals surface area contributed by atoms with E-state index >= 15 is 0 Å². The number of Topliss-reactive ketones (excluding diaryl/α,β-unsaturated/α-hetero) is 1. The Kier molecular flexibility index (Phi) is 6.22. The summed E-state index contributed by atoms with van der Waals surface area (Å²) in [5.41, 5.74) is 4.00. The summed E-state index contributed by atoms with van der Waals surface area (Å²) in [6.45, 7) is 1.95. The average Bonchev–Trinajstić information content (AvgIpc) is 2.78. The molecule has 1 aliphatic carbocycles. The van der Waals surface area contributed by atoms with Gasteiger partial charge in [-0.2, -0.15) is 0 Å². The first-order chi connectivity index (χ1) is 14.6. The van der Waals surface area contributed by atoms with Crippen LogP contribution >= 0.6 is 0 Å². The Morgan fingerprint density at radius 1 is 1.00 bits per heavy atom. The van der Waals surface area contributed by atoms with Crippen molar-refractivity contribution in [1.82, 2.24) is 4.98 Å². The van der Waals surface area contributed by atoms with Gasteiger partial charge in [-0.05, 0) is 49.4 Å². The Labute approximate surface area is 177 Å². The maximum atomic E-state index is 13.2. The van der Waals surface area contributed by atoms with Gasteiger partial charge in [0.05, 0.1) is 11.2 Å². The molecule has 1 N–H and O–H groups in total. The number of aryl methyl sites for hydroxylation is 2. The zero-order valence-electron chi connectivity index (χ0n) is 17.5. The summed E-state index contributed by atoms with van der Waals surface area (Å²) in [5, 5.41) is 4.03. The number of pyridine rings is 1. The third kappa shape index (κ3) is 4.43. The molecule has 30 heavy (non-hydrogen) atoms. The van der Waals surface area contributed by atoms with Crippen LogP contribution in [0.5, 0.6) is 0 Å². The first-order valence-electron chi connectivity index (χ1n) is 10.9. The number of fused-ring (bicyclic) bond motifs is 1. The number of amides is 1. The fourth-order valence-corrected chi connectivity index (χ4v) is 4.54. The van der Waals surface area contributed by atoms with E-state index < -0.39 is 0 Å². The molecule has 1 fully saturated rings. The molecule has 4 heteroatoms. The molecule has 1 saturated carbocycles. The van der Waals surface area contributed by atoms with Crippen LogP contribution in [0, 0.1) is 12.8 Å². The molecule has 1 aromatic heterocycles. The highest BCUT2D eigenvalue weighted by atomic mass is 16.1. The third-order valence-corrected chi connectivity index (χ3v) is 6.17. The third-order valence-electron chi connectivity index (χ3n) is 6.17. The van der Waals surface area contributed by atoms with Crippen LogP contribution in [0.2, 0.25) is 0 Å². The first kappa shape index (κ1) is 20.3. The fourth-order valence-electron chi connectivity index (χ4n) is 4.54. The number of hydrogen-bond donors (Lipinski definition) is 1. The maximum Gasteiger partial charge on any atom is 0.256 e. The van der Waals surface area contributed by atoms with Gasteiger partial charge in [-0.3, -0.25) is 14.6 Å². The Bertz CT molecular complexity index is 1060. The van der Waals surface area contributed by atoms with Crippen molar-refractivity contribution in [3.05, 3.63) is 71.4 Å². The number of nitrogens with zero attached hydrogens (tertiary/aromatic N) is 1. The number of anilines is 1. The van der Waals surface area contributed by atoms with Gasteiger partial charge >= 0.3 is 0 Å². The average molecular weight is 401 g/mol. The number of nitrogens with one attached hydrogen (secondary N) is 1. The summed E-state index contributed by atoms with van der Waals surface area (Å²) < 4.78 is 0. The summed E-state index contributed by atoms with van der Waals surface area (Å²) in [6, 6.07) is 15.5. The van der Waals surface area contributed by atoms with Crippen molar-refractivity contribution < 1.29 is 9.59 Å². The summed E-state index contributed by atoms with van der Waals surface area (Å²) in [4.78, 5) is 30.3. The zero-order valence-corrected chi connectivity index (χ0v) is 17.5. The highest BCUT2D eigenvalue weighted by Crippen LogP contribution is 2.27. The standard InChI is InChI=1S/C26H28N2O2/c1-18-8-5-11-20(15-16-23(29)19-9-3-2-4-10-19)24(18)26(30)28-22-14-6-12-21-13-7-17-27-25(21)22/h5-8,11-14,17,19H,2-4,9-10,15-16H2,1H3,(H,28,30). The molecule has 4 nitrogen and oxygen atoms in total. The first-order valence-corrected chi connectivity index (χ1v) is 10.9. The van der Waals surface area contributed by atoms with Gasteiger partial charge in [0.15, 0.2) is 0 Å². The summed E-state index contributed by atoms with van der Waals surface area (Å²) in [7, 11) is 0. The van der Waals surface area contributed by atoms with E-state index in [1.165, 1.54) is 6.42 Å². The van der Waals surface area contributed by atoms with E-state index in [2.05, 4.69) is 10.3 Å². The van der Waals surface area contributed by atoms with Gasteiger partial charge in [0.25, 0.3) is 5.91 Å². The predicted molar refractivity (Wildman–Crippen MR) is 121 cm³/mol. The Hall–Kier alpha value is -3.01. The molecule has 154 valence electrons. The zero-order chi connectivity index (χ0) is 20.9. The van der Waals surface area contributed by atoms with Gasteiger partial charge in [-0.1, -0.05) is 55.7 Å². The van der Waals surface area contributed by atoms with Crippen LogP contribution in [-0.2, 0) is 11.2 Å². The van der Waals surface area contributed by atoms with Crippen LogP contribution in [0.15, 0.2) is 54.7 Å². The van der Waals surface area contributed by atoms with E-state index in [0.29, 0.717) is 29.9 Å². The topological polar surface area (TPSA) is 59.1 Å². The van der Waals surface area contributed by atoms with Crippen molar-refractivity contribution in [3.8, 4) is 0 Å². The number of carbonyl (C=O) groups excluding carboxylic acids is 2. The minimum atomic E-state index is -0.147. The highest BCUT2D eigenvalue weighted by Gasteiger charge is 2.22. The molecule has 2 aromatic carbocycles. The van der Waals surface area contributed by atoms with Crippen LogP contribution in [0.1, 0.15) is 60.0 Å². The van der Waals surface area contributed by atoms with Crippen LogP contribution in [0.25, 0.3) is 10.9 Å². The number of ketones is 1. The normalized spacial score (nSPS) is 14.6. The summed E-state index contributed by atoms with van der Waals surface area (Å²) >= 11 is 0. The lowest BCUT2D eigenvalue weighted by Crippen LogP contribution is -2.20. The van der Waals surface area contributed by atoms with Crippen LogP contribution in [0.4, 0.5) is 5.69 Å². The Morgan fingerprint density at radius 2 is 1.77 bits per heavy atom. The maximum absolute atomic E-state index is 13.2. The van der Waals surface area contributed by atoms with E-state index in [9.17, 15) is 9.59 Å². The SMILES string of the molecule is Cc1cccc(CCC(=O)C2CCCCC2)c1C(=O)Nc1cccc2cccnc12. The van der Waals surface area contributed by atoms with Gasteiger partial charge in [-0.15, -0.1) is 0 Å². The van der Waals surface area contributed by atoms with Crippen molar-refractivity contribution >= 4 is 28.3 Å². The Balaban J connectivity index is 1.53. The lowest BCUT2D eigenvalue weighted by Gasteiger charge is -2.20. The molecule has 0 radical (unpaired) electrons.